The zero-order chi connectivity index (χ0) is 80.1. The first-order valence-corrected chi connectivity index (χ1v) is 43.4. The number of aliphatic carboxylic acids is 2. The van der Waals surface area contributed by atoms with Crippen molar-refractivity contribution >= 4 is 144 Å². The number of thiazole rings is 3. The Balaban J connectivity index is 0.000000162. The van der Waals surface area contributed by atoms with Gasteiger partial charge in [-0.1, -0.05) is 192 Å². The van der Waals surface area contributed by atoms with Crippen molar-refractivity contribution in [3.63, 3.8) is 0 Å². The molecular weight excluding hydrogens is 1640 g/mol. The molecule has 0 radical (unpaired) electrons. The Hall–Kier alpha value is -6.82. The minimum atomic E-state index is -0.799. The highest BCUT2D eigenvalue weighted by atomic mass is 79.9. The summed E-state index contributed by atoms with van der Waals surface area (Å²) in [6, 6.07) is 39.0. The van der Waals surface area contributed by atoms with E-state index in [9.17, 15) is 24.0 Å². The van der Waals surface area contributed by atoms with E-state index in [4.69, 9.17) is 34.6 Å². The molecule has 110 heavy (non-hydrogen) atoms. The molecule has 3 fully saturated rings. The third-order valence-corrected chi connectivity index (χ3v) is 27.6. The van der Waals surface area contributed by atoms with Gasteiger partial charge in [-0.2, -0.15) is 0 Å². The molecular formula is C88H111Br3N6O10S3. The molecule has 22 heteroatoms. The number of hydrogen-bond acceptors (Lipinski definition) is 17. The van der Waals surface area contributed by atoms with Crippen LogP contribution in [0.3, 0.4) is 0 Å². The maximum absolute atomic E-state index is 11.6. The number of carboxylic acids is 2. The molecule has 8 aromatic rings. The molecule has 16 nitrogen and oxygen atoms in total. The Morgan fingerprint density at radius 2 is 0.691 bits per heavy atom. The number of carbonyl (C=O) groups is 5. The molecule has 0 atom stereocenters. The summed E-state index contributed by atoms with van der Waals surface area (Å²) < 4.78 is 16.0. The first-order chi connectivity index (χ1) is 51.9. The van der Waals surface area contributed by atoms with Gasteiger partial charge in [0, 0.05) is 91.5 Å². The monoisotopic (exact) mass is 1740 g/mol. The second-order valence-electron chi connectivity index (χ2n) is 33.9. The van der Waals surface area contributed by atoms with Crippen LogP contribution in [-0.2, 0) is 103 Å². The molecule has 3 N–H and O–H groups in total. The number of ether oxygens (including phenoxy) is 3. The lowest BCUT2D eigenvalue weighted by atomic mass is 9.69. The fourth-order valence-electron chi connectivity index (χ4n) is 13.2. The number of alkyl halides is 1. The minimum Gasteiger partial charge on any atom is -0.481 e. The summed E-state index contributed by atoms with van der Waals surface area (Å²) in [5, 5.41) is 25.2. The molecule has 592 valence electrons. The zero-order valence-electron chi connectivity index (χ0n) is 66.7. The van der Waals surface area contributed by atoms with Gasteiger partial charge in [0.2, 0.25) is 0 Å². The van der Waals surface area contributed by atoms with Crippen molar-refractivity contribution in [3.05, 3.63) is 190 Å². The van der Waals surface area contributed by atoms with Crippen LogP contribution in [0.1, 0.15) is 220 Å². The lowest BCUT2D eigenvalue weighted by Gasteiger charge is -2.37. The Morgan fingerprint density at radius 1 is 0.409 bits per heavy atom. The van der Waals surface area contributed by atoms with Gasteiger partial charge in [-0.25, -0.2) is 15.0 Å². The van der Waals surface area contributed by atoms with Crippen molar-refractivity contribution in [3.8, 4) is 0 Å². The molecule has 3 aromatic heterocycles. The van der Waals surface area contributed by atoms with Gasteiger partial charge in [-0.05, 0) is 183 Å². The van der Waals surface area contributed by atoms with E-state index in [1.165, 1.54) is 135 Å². The zero-order valence-corrected chi connectivity index (χ0v) is 73.9. The molecule has 14 rings (SSSR count). The van der Waals surface area contributed by atoms with Gasteiger partial charge in [0.1, 0.15) is 0 Å². The van der Waals surface area contributed by atoms with E-state index in [0.29, 0.717) is 19.3 Å². The smallest absolute Gasteiger partial charge is 0.309 e. The summed E-state index contributed by atoms with van der Waals surface area (Å²) in [5.41, 5.74) is 12.5. The van der Waals surface area contributed by atoms with Crippen LogP contribution < -0.4 is 15.1 Å². The predicted octanol–water partition coefficient (Wildman–Crippen LogP) is 22.4. The normalized spacial score (nSPS) is 17.3. The van der Waals surface area contributed by atoms with Crippen LogP contribution in [0.5, 0.6) is 0 Å². The van der Waals surface area contributed by atoms with Gasteiger partial charge in [0.15, 0.2) is 15.4 Å². The van der Waals surface area contributed by atoms with Crippen LogP contribution in [0.4, 0.5) is 32.5 Å². The number of anilines is 6. The lowest BCUT2D eigenvalue weighted by molar-refractivity contribution is -0.140. The Bertz CT molecular complexity index is 4300. The van der Waals surface area contributed by atoms with Crippen LogP contribution in [0.25, 0.3) is 0 Å². The van der Waals surface area contributed by atoms with Gasteiger partial charge < -0.3 is 39.5 Å². The van der Waals surface area contributed by atoms with Crippen LogP contribution >= 0.6 is 81.8 Å². The van der Waals surface area contributed by atoms with Crippen molar-refractivity contribution < 1.29 is 48.4 Å². The highest BCUT2D eigenvalue weighted by molar-refractivity contribution is 9.10. The maximum Gasteiger partial charge on any atom is 0.309 e. The number of carboxylic acid groups (broad SMARTS) is 2. The fraction of sp³-hybridized carbons (Fsp3) is 0.500. The maximum atomic E-state index is 11.6. The molecule has 0 aliphatic heterocycles. The summed E-state index contributed by atoms with van der Waals surface area (Å²) in [7, 11) is 4.23. The topological polar surface area (TPSA) is 211 Å². The second kappa shape index (κ2) is 37.9. The summed E-state index contributed by atoms with van der Waals surface area (Å²) in [6.07, 6.45) is 16.3. The number of nitrogens with zero attached hydrogens (tertiary/aromatic N) is 5. The van der Waals surface area contributed by atoms with E-state index < -0.39 is 11.9 Å². The van der Waals surface area contributed by atoms with E-state index in [0.717, 1.165) is 100 Å². The highest BCUT2D eigenvalue weighted by Crippen LogP contribution is 2.54. The number of fused-ring (bicyclic) bond motifs is 3. The number of rotatable bonds is 21. The van der Waals surface area contributed by atoms with E-state index in [-0.39, 0.29) is 63.2 Å². The SMILES string of the molecule is BrCC1CC1.CC1(C)CCC(C)(C)c2sc(N(CC3CC3)c3ccc(CC(=O)O)cc3)nc21.COC(=O)Cc1ccc(Br)cc1.COC(=O)Cc1ccc(N(CC2CC2)c2nc3c(s2)C(C)(C)CCC3(C)C)cc1.COC(=O)Cc1ccc(Nc2nc3c(s2)C(C)(C)CCC3(C)C)cc1.O=C(O)Cc1ccc(Br)cc1. The van der Waals surface area contributed by atoms with Gasteiger partial charge in [-0.3, -0.25) is 24.0 Å². The van der Waals surface area contributed by atoms with Gasteiger partial charge in [0.25, 0.3) is 0 Å². The Labute approximate surface area is 689 Å². The van der Waals surface area contributed by atoms with Gasteiger partial charge in [0.05, 0.1) is 70.5 Å². The number of nitrogens with one attached hydrogen (secondary N) is 1. The fourth-order valence-corrected chi connectivity index (χ4v) is 18.5. The Kier molecular flexibility index (Phi) is 30.0. The highest BCUT2D eigenvalue weighted by Gasteiger charge is 2.44. The van der Waals surface area contributed by atoms with Crippen molar-refractivity contribution in [2.24, 2.45) is 17.8 Å². The van der Waals surface area contributed by atoms with Gasteiger partial charge in [-0.15, -0.1) is 34.0 Å². The van der Waals surface area contributed by atoms with E-state index in [1.54, 1.807) is 23.5 Å². The van der Waals surface area contributed by atoms with Crippen LogP contribution in [0.15, 0.2) is 130 Å². The van der Waals surface area contributed by atoms with Crippen LogP contribution in [0.2, 0.25) is 0 Å². The number of hydrogen-bond donors (Lipinski definition) is 3. The van der Waals surface area contributed by atoms with Crippen LogP contribution in [-0.4, -0.2) is 94.8 Å². The van der Waals surface area contributed by atoms with E-state index in [2.05, 4.69) is 175 Å². The minimum absolute atomic E-state index is 0.0663. The molecule has 6 aliphatic carbocycles. The summed E-state index contributed by atoms with van der Waals surface area (Å²) in [6.45, 7) is 29.9. The molecule has 3 saturated carbocycles. The number of esters is 3. The van der Waals surface area contributed by atoms with Crippen LogP contribution in [0, 0.1) is 17.8 Å². The third-order valence-electron chi connectivity index (χ3n) is 21.4. The second-order valence-corrected chi connectivity index (χ2v) is 39.3. The lowest BCUT2D eigenvalue weighted by Crippen LogP contribution is -2.32. The van der Waals surface area contributed by atoms with Crippen molar-refractivity contribution in [1.82, 2.24) is 15.0 Å². The molecule has 0 unspecified atom stereocenters. The summed E-state index contributed by atoms with van der Waals surface area (Å²) >= 11 is 15.4. The molecule has 3 heterocycles. The molecule has 0 bridgehead atoms. The molecule has 0 spiro atoms. The quantitative estimate of drug-likeness (QED) is 0.0347. The molecule has 0 saturated heterocycles. The Morgan fingerprint density at radius 3 is 0.964 bits per heavy atom. The van der Waals surface area contributed by atoms with E-state index in [1.807, 2.05) is 108 Å². The number of methoxy groups -OCH3 is 3. The first kappa shape index (κ1) is 87.2. The number of halogens is 3. The average Bonchev–Trinajstić information content (AvgIpc) is 1.61. The summed E-state index contributed by atoms with van der Waals surface area (Å²) in [5.74, 6) is 0.314. The molecule has 6 aliphatic rings. The third kappa shape index (κ3) is 25.1. The largest absolute Gasteiger partial charge is 0.481 e. The van der Waals surface area contributed by atoms with E-state index >= 15 is 0 Å². The standard InChI is InChI=1S/C24H32N2O2S.C23H30N2O2S.C20H26N2O2S.C9H9BrO2.C8H7BrO2.C4H7Br/c1-23(2)12-13-24(3,4)21-20(23)25-22(29-21)26(15-17-6-7-17)18-10-8-16(9-11-18)14-19(27)28-5;1-22(2)11-12-23(3,4)20-19(22)24-21(28-20)25(14-16-5-6-16)17-9-7-15(8-10-17)13-18(26)27;1-19(2)10-11-20(3,4)17-16(19)22-18(25-17)21-14-8-6-13(7-9-14)12-15(23)24-5;1-12-9(11)6-7-2-4-8(10)5-3-7;9-7-3-1-6(2-4-7)5-8(10)11;5-3-4-1-2-4/h8-11,17H,6-7,12-15H2,1-5H3;7-10,16H,5-6,11-14H2,1-4H3,(H,26,27);6-9H,10-12H2,1-5H3,(H,21,22);2-5H,6H2,1H3;1-4H,5H2,(H,10,11);4H,1-3H2. The number of carbonyl (C=O) groups excluding carboxylic acids is 3. The van der Waals surface area contributed by atoms with Crippen molar-refractivity contribution in [2.45, 2.75) is 225 Å². The number of benzene rings is 5. The molecule has 0 amide bonds. The van der Waals surface area contributed by atoms with Gasteiger partial charge >= 0.3 is 29.8 Å². The molecule has 5 aromatic carbocycles. The van der Waals surface area contributed by atoms with Crippen molar-refractivity contribution in [2.75, 3.05) is 54.9 Å². The average molecular weight is 1750 g/mol. The van der Waals surface area contributed by atoms with Crippen molar-refractivity contribution in [1.29, 1.82) is 0 Å². The summed E-state index contributed by atoms with van der Waals surface area (Å²) in [4.78, 5) is 79.3. The number of aromatic nitrogens is 3. The first-order valence-electron chi connectivity index (χ1n) is 38.2. The predicted molar refractivity (Wildman–Crippen MR) is 459 cm³/mol.